The predicted molar refractivity (Wildman–Crippen MR) is 178 cm³/mol. The predicted octanol–water partition coefficient (Wildman–Crippen LogP) is 4.66. The summed E-state index contributed by atoms with van der Waals surface area (Å²) in [5.41, 5.74) is 8.56. The van der Waals surface area contributed by atoms with Gasteiger partial charge >= 0.3 is 0 Å². The molecule has 0 radical (unpaired) electrons. The van der Waals surface area contributed by atoms with Crippen LogP contribution in [-0.2, 0) is 16.1 Å². The van der Waals surface area contributed by atoms with E-state index in [1.807, 2.05) is 62.9 Å². The minimum Gasteiger partial charge on any atom is -0.350 e. The molecule has 1 aliphatic carbocycles. The van der Waals surface area contributed by atoms with Crippen LogP contribution >= 0.6 is 0 Å². The lowest BCUT2D eigenvalue weighted by atomic mass is 9.92. The van der Waals surface area contributed by atoms with Crippen molar-refractivity contribution in [3.63, 3.8) is 0 Å². The van der Waals surface area contributed by atoms with Crippen LogP contribution in [0.25, 0.3) is 0 Å². The SMILES string of the molecule is CCCN(CCC)C(=O)c1cccc(C(=O)N[C@@H](CC2CC2)[C@@H](N)C[C@@H](C)C(=O)N[C@H](C(=O)NCc2ccccc2)C(C)C)c1. The molecule has 1 fully saturated rings. The van der Waals surface area contributed by atoms with Crippen molar-refractivity contribution in [2.75, 3.05) is 13.1 Å². The van der Waals surface area contributed by atoms with Crippen LogP contribution in [0.15, 0.2) is 54.6 Å². The smallest absolute Gasteiger partial charge is 0.253 e. The molecule has 1 saturated carbocycles. The number of rotatable bonds is 18. The topological polar surface area (TPSA) is 134 Å². The Morgan fingerprint density at radius 1 is 0.867 bits per heavy atom. The van der Waals surface area contributed by atoms with Gasteiger partial charge in [0.25, 0.3) is 11.8 Å². The lowest BCUT2D eigenvalue weighted by molar-refractivity contribution is -0.132. The first kappa shape index (κ1) is 35.8. The Morgan fingerprint density at radius 3 is 2.11 bits per heavy atom. The van der Waals surface area contributed by atoms with Crippen LogP contribution in [0.1, 0.15) is 99.4 Å². The molecule has 4 amide bonds. The van der Waals surface area contributed by atoms with Crippen molar-refractivity contribution in [2.45, 2.75) is 97.8 Å². The Bertz CT molecular complexity index is 1260. The molecule has 9 nitrogen and oxygen atoms in total. The monoisotopic (exact) mass is 619 g/mol. The second-order valence-corrected chi connectivity index (χ2v) is 12.9. The van der Waals surface area contributed by atoms with Crippen LogP contribution in [0.3, 0.4) is 0 Å². The average molecular weight is 620 g/mol. The number of amides is 4. The molecule has 2 aromatic carbocycles. The van der Waals surface area contributed by atoms with Crippen molar-refractivity contribution in [1.29, 1.82) is 0 Å². The first-order chi connectivity index (χ1) is 21.5. The molecule has 2 aromatic rings. The van der Waals surface area contributed by atoms with E-state index in [1.54, 1.807) is 31.2 Å². The van der Waals surface area contributed by atoms with Gasteiger partial charge in [0.2, 0.25) is 11.8 Å². The maximum absolute atomic E-state index is 13.4. The van der Waals surface area contributed by atoms with E-state index in [2.05, 4.69) is 16.0 Å². The second-order valence-electron chi connectivity index (χ2n) is 12.9. The third-order valence-corrected chi connectivity index (χ3v) is 8.39. The Kier molecular flexibility index (Phi) is 14.1. The van der Waals surface area contributed by atoms with E-state index < -0.39 is 18.0 Å². The molecule has 45 heavy (non-hydrogen) atoms. The normalized spacial score (nSPS) is 15.4. The van der Waals surface area contributed by atoms with Gasteiger partial charge in [-0.1, -0.05) is 83.9 Å². The van der Waals surface area contributed by atoms with Crippen molar-refractivity contribution in [3.05, 3.63) is 71.3 Å². The highest BCUT2D eigenvalue weighted by Crippen LogP contribution is 2.34. The Balaban J connectivity index is 1.62. The lowest BCUT2D eigenvalue weighted by Crippen LogP contribution is -2.52. The summed E-state index contributed by atoms with van der Waals surface area (Å²) >= 11 is 0. The Labute approximate surface area is 269 Å². The maximum atomic E-state index is 13.4. The fourth-order valence-corrected chi connectivity index (χ4v) is 5.54. The zero-order valence-electron chi connectivity index (χ0n) is 27.7. The van der Waals surface area contributed by atoms with Crippen molar-refractivity contribution in [3.8, 4) is 0 Å². The molecule has 5 N–H and O–H groups in total. The minimum atomic E-state index is -0.678. The number of carbonyl (C=O) groups is 4. The van der Waals surface area contributed by atoms with Crippen LogP contribution in [0.5, 0.6) is 0 Å². The average Bonchev–Trinajstić information content (AvgIpc) is 3.86. The van der Waals surface area contributed by atoms with E-state index >= 15 is 0 Å². The summed E-state index contributed by atoms with van der Waals surface area (Å²) in [6, 6.07) is 15.0. The van der Waals surface area contributed by atoms with Gasteiger partial charge in [-0.05, 0) is 61.3 Å². The summed E-state index contributed by atoms with van der Waals surface area (Å²) in [6.45, 7) is 11.4. The van der Waals surface area contributed by atoms with Crippen LogP contribution < -0.4 is 21.7 Å². The lowest BCUT2D eigenvalue weighted by Gasteiger charge is -2.28. The van der Waals surface area contributed by atoms with Gasteiger partial charge in [0, 0.05) is 48.8 Å². The molecule has 1 aliphatic rings. The molecular weight excluding hydrogens is 566 g/mol. The molecular formula is C36H53N5O4. The molecule has 0 saturated heterocycles. The Morgan fingerprint density at radius 2 is 1.51 bits per heavy atom. The van der Waals surface area contributed by atoms with Gasteiger partial charge in [-0.2, -0.15) is 0 Å². The van der Waals surface area contributed by atoms with Crippen LogP contribution in [0, 0.1) is 17.8 Å². The largest absolute Gasteiger partial charge is 0.350 e. The first-order valence-corrected chi connectivity index (χ1v) is 16.6. The number of nitrogens with two attached hydrogens (primary N) is 1. The van der Waals surface area contributed by atoms with E-state index in [9.17, 15) is 19.2 Å². The highest BCUT2D eigenvalue weighted by Gasteiger charge is 2.33. The number of benzene rings is 2. The fourth-order valence-electron chi connectivity index (χ4n) is 5.54. The molecule has 0 aliphatic heterocycles. The highest BCUT2D eigenvalue weighted by molar-refractivity contribution is 5.99. The van der Waals surface area contributed by atoms with Crippen molar-refractivity contribution in [1.82, 2.24) is 20.9 Å². The molecule has 0 bridgehead atoms. The summed E-state index contributed by atoms with van der Waals surface area (Å²) in [5.74, 6) is -0.912. The molecule has 0 spiro atoms. The van der Waals surface area contributed by atoms with Gasteiger partial charge in [-0.3, -0.25) is 19.2 Å². The van der Waals surface area contributed by atoms with E-state index in [0.29, 0.717) is 43.1 Å². The van der Waals surface area contributed by atoms with E-state index in [0.717, 1.165) is 37.7 Å². The van der Waals surface area contributed by atoms with Gasteiger partial charge < -0.3 is 26.6 Å². The molecule has 9 heteroatoms. The third-order valence-electron chi connectivity index (χ3n) is 8.39. The fraction of sp³-hybridized carbons (Fsp3) is 0.556. The summed E-state index contributed by atoms with van der Waals surface area (Å²) in [4.78, 5) is 54.6. The zero-order valence-corrected chi connectivity index (χ0v) is 27.7. The van der Waals surface area contributed by atoms with Gasteiger partial charge in [0.05, 0.1) is 0 Å². The zero-order chi connectivity index (χ0) is 32.9. The molecule has 0 heterocycles. The summed E-state index contributed by atoms with van der Waals surface area (Å²) < 4.78 is 0. The van der Waals surface area contributed by atoms with Gasteiger partial charge in [-0.25, -0.2) is 0 Å². The molecule has 246 valence electrons. The van der Waals surface area contributed by atoms with Gasteiger partial charge in [0.1, 0.15) is 6.04 Å². The Hall–Kier alpha value is -3.72. The molecule has 0 unspecified atom stereocenters. The molecule has 0 aromatic heterocycles. The minimum absolute atomic E-state index is 0.0760. The molecule has 4 atom stereocenters. The molecule has 3 rings (SSSR count). The number of nitrogens with one attached hydrogen (secondary N) is 3. The third kappa shape index (κ3) is 11.3. The number of hydrogen-bond acceptors (Lipinski definition) is 5. The second kappa shape index (κ2) is 17.7. The summed E-state index contributed by atoms with van der Waals surface area (Å²) in [6.07, 6.45) is 5.00. The van der Waals surface area contributed by atoms with Crippen molar-refractivity contribution < 1.29 is 19.2 Å². The van der Waals surface area contributed by atoms with Gasteiger partial charge in [0.15, 0.2) is 0 Å². The first-order valence-electron chi connectivity index (χ1n) is 16.6. The van der Waals surface area contributed by atoms with Crippen molar-refractivity contribution in [2.24, 2.45) is 23.5 Å². The van der Waals surface area contributed by atoms with Gasteiger partial charge in [-0.15, -0.1) is 0 Å². The summed E-state index contributed by atoms with van der Waals surface area (Å²) in [5, 5.41) is 8.98. The number of nitrogens with zero attached hydrogens (tertiary/aromatic N) is 1. The van der Waals surface area contributed by atoms with Crippen LogP contribution in [0.4, 0.5) is 0 Å². The van der Waals surface area contributed by atoms with Crippen LogP contribution in [-0.4, -0.2) is 59.7 Å². The van der Waals surface area contributed by atoms with E-state index in [-0.39, 0.29) is 35.6 Å². The van der Waals surface area contributed by atoms with Crippen LogP contribution in [0.2, 0.25) is 0 Å². The maximum Gasteiger partial charge on any atom is 0.253 e. The van der Waals surface area contributed by atoms with Crippen molar-refractivity contribution >= 4 is 23.6 Å². The quantitative estimate of drug-likeness (QED) is 0.193. The van der Waals surface area contributed by atoms with E-state index in [4.69, 9.17) is 5.73 Å². The number of hydrogen-bond donors (Lipinski definition) is 4. The van der Waals surface area contributed by atoms with E-state index in [1.165, 1.54) is 0 Å². The highest BCUT2D eigenvalue weighted by atomic mass is 16.2. The number of carbonyl (C=O) groups excluding carboxylic acids is 4. The standard InChI is InChI=1S/C36H53N5O4/c1-6-18-41(19-7-2)36(45)29-15-11-14-28(22-29)34(43)39-31(21-26-16-17-26)30(37)20-25(5)33(42)40-32(24(3)4)35(44)38-23-27-12-9-8-10-13-27/h8-15,22,24-26,30-32H,6-7,16-21,23,37H2,1-5H3,(H,38,44)(H,39,43)(H,40,42)/t25-,30+,31+,32+/m1/s1. The summed E-state index contributed by atoms with van der Waals surface area (Å²) in [7, 11) is 0.